The minimum atomic E-state index is -4.48. The van der Waals surface area contributed by atoms with Crippen molar-refractivity contribution in [3.63, 3.8) is 0 Å². The molecule has 2 aliphatic heterocycles. The Morgan fingerprint density at radius 2 is 1.69 bits per heavy atom. The predicted octanol–water partition coefficient (Wildman–Crippen LogP) is 6.17. The molecule has 0 amide bonds. The molecule has 4 heterocycles. The van der Waals surface area contributed by atoms with Crippen molar-refractivity contribution in [2.24, 2.45) is 0 Å². The molecule has 3 aromatic rings. The summed E-state index contributed by atoms with van der Waals surface area (Å²) in [5, 5.41) is 0.00288. The van der Waals surface area contributed by atoms with Crippen molar-refractivity contribution >= 4 is 28.8 Å². The SMILES string of the molecule is CC(C)N1CC=C(c2nc(-c3ccc(F)c(Cl)c3)cc(N3CCN(c4ncccc4C(F)(F)F)CC3)n2)CC1. The molecule has 2 aliphatic rings. The van der Waals surface area contributed by atoms with Gasteiger partial charge in [0.15, 0.2) is 5.82 Å². The van der Waals surface area contributed by atoms with Gasteiger partial charge in [-0.3, -0.25) is 4.90 Å². The van der Waals surface area contributed by atoms with Crippen LogP contribution in [-0.4, -0.2) is 65.2 Å². The number of halogens is 5. The molecule has 39 heavy (non-hydrogen) atoms. The van der Waals surface area contributed by atoms with Gasteiger partial charge in [-0.05, 0) is 56.2 Å². The first-order valence-corrected chi connectivity index (χ1v) is 13.3. The van der Waals surface area contributed by atoms with Crippen molar-refractivity contribution in [1.29, 1.82) is 0 Å². The minimum absolute atomic E-state index is 0.00288. The van der Waals surface area contributed by atoms with Crippen molar-refractivity contribution in [2.75, 3.05) is 49.1 Å². The summed E-state index contributed by atoms with van der Waals surface area (Å²) in [7, 11) is 0. The van der Waals surface area contributed by atoms with Crippen LogP contribution >= 0.6 is 11.6 Å². The lowest BCUT2D eigenvalue weighted by atomic mass is 10.1. The first kappa shape index (κ1) is 27.3. The lowest BCUT2D eigenvalue weighted by Gasteiger charge is -2.37. The summed E-state index contributed by atoms with van der Waals surface area (Å²) in [5.41, 5.74) is 1.56. The van der Waals surface area contributed by atoms with E-state index in [4.69, 9.17) is 21.6 Å². The zero-order chi connectivity index (χ0) is 27.7. The van der Waals surface area contributed by atoms with Crippen LogP contribution < -0.4 is 9.80 Å². The van der Waals surface area contributed by atoms with Gasteiger partial charge in [0.05, 0.1) is 16.3 Å². The number of benzene rings is 1. The number of anilines is 2. The molecule has 5 rings (SSSR count). The highest BCUT2D eigenvalue weighted by atomic mass is 35.5. The molecule has 11 heteroatoms. The van der Waals surface area contributed by atoms with Crippen molar-refractivity contribution in [2.45, 2.75) is 32.5 Å². The Hall–Kier alpha value is -3.24. The van der Waals surface area contributed by atoms with Gasteiger partial charge in [-0.15, -0.1) is 0 Å². The number of piperazine rings is 1. The number of rotatable bonds is 5. The Bertz CT molecular complexity index is 1370. The van der Waals surface area contributed by atoms with E-state index in [9.17, 15) is 17.6 Å². The first-order valence-electron chi connectivity index (χ1n) is 12.9. The topological polar surface area (TPSA) is 48.4 Å². The molecular weight excluding hydrogens is 532 g/mol. The zero-order valence-corrected chi connectivity index (χ0v) is 22.5. The second-order valence-corrected chi connectivity index (χ2v) is 10.4. The van der Waals surface area contributed by atoms with E-state index in [0.29, 0.717) is 55.1 Å². The summed E-state index contributed by atoms with van der Waals surface area (Å²) in [6.45, 7) is 7.61. The molecule has 206 valence electrons. The van der Waals surface area contributed by atoms with Crippen LogP contribution in [0.4, 0.5) is 29.2 Å². The molecule has 0 spiro atoms. The van der Waals surface area contributed by atoms with Gasteiger partial charge in [0, 0.05) is 63.1 Å². The van der Waals surface area contributed by atoms with Crippen molar-refractivity contribution in [1.82, 2.24) is 19.9 Å². The van der Waals surface area contributed by atoms with Gasteiger partial charge in [0.25, 0.3) is 0 Å². The highest BCUT2D eigenvalue weighted by Crippen LogP contribution is 2.36. The number of hydrogen-bond acceptors (Lipinski definition) is 6. The van der Waals surface area contributed by atoms with Crippen LogP contribution in [-0.2, 0) is 6.18 Å². The molecule has 0 bridgehead atoms. The van der Waals surface area contributed by atoms with E-state index in [-0.39, 0.29) is 10.8 Å². The summed E-state index contributed by atoms with van der Waals surface area (Å²) in [6, 6.07) is 9.10. The maximum Gasteiger partial charge on any atom is 0.419 e. The number of alkyl halides is 3. The predicted molar refractivity (Wildman–Crippen MR) is 145 cm³/mol. The van der Waals surface area contributed by atoms with Gasteiger partial charge in [0.2, 0.25) is 0 Å². The Balaban J connectivity index is 1.44. The molecule has 0 radical (unpaired) electrons. The molecule has 0 unspecified atom stereocenters. The summed E-state index contributed by atoms with van der Waals surface area (Å²) < 4.78 is 54.5. The van der Waals surface area contributed by atoms with Crippen molar-refractivity contribution in [3.8, 4) is 11.3 Å². The largest absolute Gasteiger partial charge is 0.419 e. The van der Waals surface area contributed by atoms with E-state index >= 15 is 0 Å². The fourth-order valence-corrected chi connectivity index (χ4v) is 5.10. The second kappa shape index (κ2) is 11.1. The maximum absolute atomic E-state index is 13.9. The number of aromatic nitrogens is 3. The highest BCUT2D eigenvalue weighted by Gasteiger charge is 2.36. The lowest BCUT2D eigenvalue weighted by molar-refractivity contribution is -0.137. The van der Waals surface area contributed by atoms with Gasteiger partial charge in [-0.2, -0.15) is 13.2 Å². The van der Waals surface area contributed by atoms with E-state index < -0.39 is 17.6 Å². The summed E-state index contributed by atoms with van der Waals surface area (Å²) in [5.74, 6) is 0.691. The molecule has 0 atom stereocenters. The Kier molecular flexibility index (Phi) is 7.77. The van der Waals surface area contributed by atoms with Gasteiger partial charge >= 0.3 is 6.18 Å². The van der Waals surface area contributed by atoms with Crippen LogP contribution in [0.25, 0.3) is 16.8 Å². The fourth-order valence-electron chi connectivity index (χ4n) is 4.92. The average Bonchev–Trinajstić information content (AvgIpc) is 2.94. The molecule has 0 saturated carbocycles. The smallest absolute Gasteiger partial charge is 0.353 e. The molecule has 0 aliphatic carbocycles. The molecule has 6 nitrogen and oxygen atoms in total. The van der Waals surface area contributed by atoms with Gasteiger partial charge in [-0.25, -0.2) is 19.3 Å². The average molecular weight is 561 g/mol. The third-order valence-electron chi connectivity index (χ3n) is 7.18. The standard InChI is InChI=1S/C28H29ClF4N6/c1-18(2)37-10-7-19(8-11-37)26-35-24(20-5-6-23(30)22(29)16-20)17-25(36-26)38-12-14-39(15-13-38)27-21(28(31,32)33)4-3-9-34-27/h3-7,9,16-18H,8,10-15H2,1-2H3. The van der Waals surface area contributed by atoms with Gasteiger partial charge < -0.3 is 9.80 Å². The van der Waals surface area contributed by atoms with Gasteiger partial charge in [0.1, 0.15) is 17.5 Å². The molecule has 1 saturated heterocycles. The quantitative estimate of drug-likeness (QED) is 0.348. The van der Waals surface area contributed by atoms with E-state index in [1.54, 1.807) is 17.0 Å². The number of pyridine rings is 1. The van der Waals surface area contributed by atoms with Crippen LogP contribution in [0.3, 0.4) is 0 Å². The van der Waals surface area contributed by atoms with E-state index in [2.05, 4.69) is 29.8 Å². The fraction of sp³-hybridized carbons (Fsp3) is 0.393. The van der Waals surface area contributed by atoms with E-state index in [1.807, 2.05) is 11.0 Å². The van der Waals surface area contributed by atoms with Crippen LogP contribution in [0.15, 0.2) is 48.7 Å². The van der Waals surface area contributed by atoms with Crippen molar-refractivity contribution < 1.29 is 17.6 Å². The Labute approximate surface area is 229 Å². The third-order valence-corrected chi connectivity index (χ3v) is 7.47. The third kappa shape index (κ3) is 6.01. The molecule has 1 aromatic carbocycles. The van der Waals surface area contributed by atoms with Crippen LogP contribution in [0.5, 0.6) is 0 Å². The van der Waals surface area contributed by atoms with Crippen LogP contribution in [0.2, 0.25) is 5.02 Å². The minimum Gasteiger partial charge on any atom is -0.353 e. The second-order valence-electron chi connectivity index (χ2n) is 9.98. The Morgan fingerprint density at radius 3 is 2.33 bits per heavy atom. The monoisotopic (exact) mass is 560 g/mol. The first-order chi connectivity index (χ1) is 18.6. The van der Waals surface area contributed by atoms with E-state index in [0.717, 1.165) is 31.1 Å². The molecule has 0 N–H and O–H groups in total. The summed E-state index contributed by atoms with van der Waals surface area (Å²) in [4.78, 5) is 19.8. The van der Waals surface area contributed by atoms with E-state index in [1.165, 1.54) is 18.3 Å². The maximum atomic E-state index is 13.9. The normalized spacial score (nSPS) is 17.1. The zero-order valence-electron chi connectivity index (χ0n) is 21.7. The highest BCUT2D eigenvalue weighted by molar-refractivity contribution is 6.31. The Morgan fingerprint density at radius 1 is 0.949 bits per heavy atom. The number of nitrogens with zero attached hydrogens (tertiary/aromatic N) is 6. The summed E-state index contributed by atoms with van der Waals surface area (Å²) >= 11 is 6.07. The number of hydrogen-bond donors (Lipinski definition) is 0. The molecule has 2 aromatic heterocycles. The van der Waals surface area contributed by atoms with Crippen LogP contribution in [0.1, 0.15) is 31.7 Å². The molecular formula is C28H29ClF4N6. The summed E-state index contributed by atoms with van der Waals surface area (Å²) in [6.07, 6.45) is -0.167. The molecule has 1 fully saturated rings. The van der Waals surface area contributed by atoms with Gasteiger partial charge in [-0.1, -0.05) is 17.7 Å². The van der Waals surface area contributed by atoms with Crippen LogP contribution in [0, 0.1) is 5.82 Å². The lowest BCUT2D eigenvalue weighted by Crippen LogP contribution is -2.47. The van der Waals surface area contributed by atoms with Crippen molar-refractivity contribution in [3.05, 3.63) is 70.9 Å².